The highest BCUT2D eigenvalue weighted by Gasteiger charge is 2.06. The zero-order valence-corrected chi connectivity index (χ0v) is 11.3. The maximum atomic E-state index is 11.7. The van der Waals surface area contributed by atoms with Gasteiger partial charge in [-0.1, -0.05) is 12.1 Å². The standard InChI is InChI=1S/C11H15ClN2O3S/c12-8-9-3-1-4-10(7-9)11(15)14-5-2-6-18(13,16)17/h1,3-4,7H,2,5-6,8H2,(H,14,15)(H2,13,16,17). The van der Waals surface area contributed by atoms with E-state index in [0.29, 0.717) is 17.9 Å². The highest BCUT2D eigenvalue weighted by molar-refractivity contribution is 7.89. The number of halogens is 1. The van der Waals surface area contributed by atoms with Gasteiger partial charge in [0.2, 0.25) is 10.0 Å². The van der Waals surface area contributed by atoms with E-state index in [4.69, 9.17) is 16.7 Å². The van der Waals surface area contributed by atoms with Gasteiger partial charge >= 0.3 is 0 Å². The predicted molar refractivity (Wildman–Crippen MR) is 70.9 cm³/mol. The highest BCUT2D eigenvalue weighted by atomic mass is 35.5. The SMILES string of the molecule is NS(=O)(=O)CCCNC(=O)c1cccc(CCl)c1. The molecule has 18 heavy (non-hydrogen) atoms. The van der Waals surface area contributed by atoms with Crippen molar-refractivity contribution in [3.63, 3.8) is 0 Å². The molecule has 7 heteroatoms. The molecule has 0 spiro atoms. The topological polar surface area (TPSA) is 89.3 Å². The number of rotatable bonds is 6. The minimum Gasteiger partial charge on any atom is -0.352 e. The summed E-state index contributed by atoms with van der Waals surface area (Å²) in [6, 6.07) is 6.94. The number of amides is 1. The molecule has 0 radical (unpaired) electrons. The molecule has 1 amide bonds. The molecule has 0 bridgehead atoms. The van der Waals surface area contributed by atoms with E-state index >= 15 is 0 Å². The maximum Gasteiger partial charge on any atom is 0.251 e. The first kappa shape index (κ1) is 14.9. The van der Waals surface area contributed by atoms with Crippen LogP contribution in [0.4, 0.5) is 0 Å². The number of hydrogen-bond acceptors (Lipinski definition) is 3. The minimum atomic E-state index is -3.47. The van der Waals surface area contributed by atoms with Crippen molar-refractivity contribution in [1.82, 2.24) is 5.32 Å². The molecule has 5 nitrogen and oxygen atoms in total. The summed E-state index contributed by atoms with van der Waals surface area (Å²) in [6.45, 7) is 0.264. The molecule has 0 aromatic heterocycles. The van der Waals surface area contributed by atoms with Crippen LogP contribution in [0.25, 0.3) is 0 Å². The van der Waals surface area contributed by atoms with Crippen molar-refractivity contribution >= 4 is 27.5 Å². The van der Waals surface area contributed by atoms with Crippen LogP contribution >= 0.6 is 11.6 Å². The van der Waals surface area contributed by atoms with Gasteiger partial charge in [-0.3, -0.25) is 4.79 Å². The summed E-state index contributed by atoms with van der Waals surface area (Å²) >= 11 is 5.67. The third-order valence-corrected chi connectivity index (χ3v) is 3.40. The Morgan fingerprint density at radius 3 is 2.72 bits per heavy atom. The summed E-state index contributed by atoms with van der Waals surface area (Å²) in [5.41, 5.74) is 1.36. The van der Waals surface area contributed by atoms with E-state index in [0.717, 1.165) is 5.56 Å². The summed E-state index contributed by atoms with van der Waals surface area (Å²) < 4.78 is 21.4. The normalized spacial score (nSPS) is 11.2. The molecule has 1 rings (SSSR count). The predicted octanol–water partition coefficient (Wildman–Crippen LogP) is 0.834. The summed E-state index contributed by atoms with van der Waals surface area (Å²) in [5, 5.41) is 7.47. The Balaban J connectivity index is 2.45. The van der Waals surface area contributed by atoms with Crippen molar-refractivity contribution in [2.45, 2.75) is 12.3 Å². The van der Waals surface area contributed by atoms with Crippen molar-refractivity contribution in [2.24, 2.45) is 5.14 Å². The Hall–Kier alpha value is -1.11. The van der Waals surface area contributed by atoms with Crippen LogP contribution in [0.2, 0.25) is 0 Å². The summed E-state index contributed by atoms with van der Waals surface area (Å²) in [4.78, 5) is 11.7. The van der Waals surface area contributed by atoms with Crippen LogP contribution in [-0.4, -0.2) is 26.6 Å². The van der Waals surface area contributed by atoms with E-state index in [2.05, 4.69) is 5.32 Å². The Bertz CT molecular complexity index is 517. The number of primary sulfonamides is 1. The molecule has 0 saturated heterocycles. The molecular weight excluding hydrogens is 276 g/mol. The van der Waals surface area contributed by atoms with E-state index in [1.54, 1.807) is 18.2 Å². The zero-order valence-electron chi connectivity index (χ0n) is 9.73. The molecular formula is C11H15ClN2O3S. The average Bonchev–Trinajstić information content (AvgIpc) is 2.33. The lowest BCUT2D eigenvalue weighted by atomic mass is 10.1. The highest BCUT2D eigenvalue weighted by Crippen LogP contribution is 2.07. The van der Waals surface area contributed by atoms with Gasteiger partial charge in [0.15, 0.2) is 0 Å². The van der Waals surface area contributed by atoms with Gasteiger partial charge in [0, 0.05) is 18.0 Å². The van der Waals surface area contributed by atoms with Gasteiger partial charge in [-0.2, -0.15) is 0 Å². The second kappa shape index (κ2) is 6.72. The molecule has 1 aromatic carbocycles. The molecule has 1 aromatic rings. The van der Waals surface area contributed by atoms with Crippen molar-refractivity contribution in [3.8, 4) is 0 Å². The van der Waals surface area contributed by atoms with E-state index in [-0.39, 0.29) is 18.2 Å². The van der Waals surface area contributed by atoms with Gasteiger partial charge in [0.1, 0.15) is 0 Å². The number of carbonyl (C=O) groups is 1. The Morgan fingerprint density at radius 1 is 1.39 bits per heavy atom. The number of sulfonamides is 1. The third kappa shape index (κ3) is 5.48. The van der Waals surface area contributed by atoms with Crippen LogP contribution in [-0.2, 0) is 15.9 Å². The van der Waals surface area contributed by atoms with E-state index in [9.17, 15) is 13.2 Å². The van der Waals surface area contributed by atoms with Gasteiger partial charge in [0.05, 0.1) is 5.75 Å². The second-order valence-electron chi connectivity index (χ2n) is 3.81. The van der Waals surface area contributed by atoms with Crippen LogP contribution in [0, 0.1) is 0 Å². The van der Waals surface area contributed by atoms with Crippen molar-refractivity contribution in [2.75, 3.05) is 12.3 Å². The largest absolute Gasteiger partial charge is 0.352 e. The molecule has 0 fully saturated rings. The molecule has 0 atom stereocenters. The fourth-order valence-electron chi connectivity index (χ4n) is 1.37. The Labute approximate surface area is 111 Å². The molecule has 0 aliphatic heterocycles. The number of alkyl halides is 1. The first-order chi connectivity index (χ1) is 8.42. The van der Waals surface area contributed by atoms with Gasteiger partial charge < -0.3 is 5.32 Å². The molecule has 100 valence electrons. The molecule has 0 heterocycles. The maximum absolute atomic E-state index is 11.7. The number of carbonyl (C=O) groups excluding carboxylic acids is 1. The van der Waals surface area contributed by atoms with Crippen molar-refractivity contribution < 1.29 is 13.2 Å². The lowest BCUT2D eigenvalue weighted by Crippen LogP contribution is -2.27. The monoisotopic (exact) mass is 290 g/mol. The number of hydrogen-bond donors (Lipinski definition) is 2. The van der Waals surface area contributed by atoms with Crippen molar-refractivity contribution in [3.05, 3.63) is 35.4 Å². The Morgan fingerprint density at radius 2 is 2.11 bits per heavy atom. The minimum absolute atomic E-state index is 0.144. The fraction of sp³-hybridized carbons (Fsp3) is 0.364. The van der Waals surface area contributed by atoms with Crippen LogP contribution in [0.1, 0.15) is 22.3 Å². The van der Waals surface area contributed by atoms with Gasteiger partial charge in [0.25, 0.3) is 5.91 Å². The van der Waals surface area contributed by atoms with E-state index < -0.39 is 10.0 Å². The van der Waals surface area contributed by atoms with Gasteiger partial charge in [-0.25, -0.2) is 13.6 Å². The number of benzene rings is 1. The van der Waals surface area contributed by atoms with E-state index in [1.807, 2.05) is 6.07 Å². The Kier molecular flexibility index (Phi) is 5.58. The summed E-state index contributed by atoms with van der Waals surface area (Å²) in [5.74, 6) is -0.0574. The molecule has 0 saturated carbocycles. The van der Waals surface area contributed by atoms with Crippen LogP contribution in [0.3, 0.4) is 0 Å². The van der Waals surface area contributed by atoms with Crippen LogP contribution in [0.5, 0.6) is 0 Å². The molecule has 0 aliphatic rings. The zero-order chi connectivity index (χ0) is 13.6. The van der Waals surface area contributed by atoms with Gasteiger partial charge in [-0.15, -0.1) is 11.6 Å². The number of nitrogens with one attached hydrogen (secondary N) is 1. The third-order valence-electron chi connectivity index (χ3n) is 2.23. The average molecular weight is 291 g/mol. The summed E-state index contributed by atoms with van der Waals surface area (Å²) in [7, 11) is -3.47. The first-order valence-corrected chi connectivity index (χ1v) is 7.61. The second-order valence-corrected chi connectivity index (χ2v) is 5.81. The smallest absolute Gasteiger partial charge is 0.251 e. The lowest BCUT2D eigenvalue weighted by Gasteiger charge is -2.05. The molecule has 3 N–H and O–H groups in total. The quantitative estimate of drug-likeness (QED) is 0.601. The van der Waals surface area contributed by atoms with E-state index in [1.165, 1.54) is 0 Å². The van der Waals surface area contributed by atoms with Crippen LogP contribution < -0.4 is 10.5 Å². The van der Waals surface area contributed by atoms with Crippen LogP contribution in [0.15, 0.2) is 24.3 Å². The lowest BCUT2D eigenvalue weighted by molar-refractivity contribution is 0.0953. The molecule has 0 aliphatic carbocycles. The summed E-state index contributed by atoms with van der Waals surface area (Å²) in [6.07, 6.45) is 0.291. The number of nitrogens with two attached hydrogens (primary N) is 1. The van der Waals surface area contributed by atoms with Crippen molar-refractivity contribution in [1.29, 1.82) is 0 Å². The van der Waals surface area contributed by atoms with Gasteiger partial charge in [-0.05, 0) is 24.1 Å². The first-order valence-electron chi connectivity index (χ1n) is 5.36. The molecule has 0 unspecified atom stereocenters. The fourth-order valence-corrected chi connectivity index (χ4v) is 2.09.